The van der Waals surface area contributed by atoms with Crippen molar-refractivity contribution in [3.63, 3.8) is 0 Å². The Morgan fingerprint density at radius 3 is 2.53 bits per heavy atom. The van der Waals surface area contributed by atoms with Gasteiger partial charge >= 0.3 is 0 Å². The van der Waals surface area contributed by atoms with Gasteiger partial charge in [-0.15, -0.1) is 0 Å². The van der Waals surface area contributed by atoms with Gasteiger partial charge in [0, 0.05) is 32.4 Å². The number of imidazole rings is 1. The lowest BCUT2D eigenvalue weighted by Crippen LogP contribution is -2.22. The summed E-state index contributed by atoms with van der Waals surface area (Å²) >= 11 is 5.53. The molecule has 3 aromatic rings. The molecular weight excluding hydrogens is 428 g/mol. The summed E-state index contributed by atoms with van der Waals surface area (Å²) in [5, 5.41) is 2.91. The smallest absolute Gasteiger partial charge is 0.243 e. The van der Waals surface area contributed by atoms with Crippen LogP contribution in [0.5, 0.6) is 17.2 Å². The van der Waals surface area contributed by atoms with Crippen molar-refractivity contribution in [3.8, 4) is 17.2 Å². The third-order valence-electron chi connectivity index (χ3n) is 5.12. The number of carbonyl (C=O) groups is 1. The summed E-state index contributed by atoms with van der Waals surface area (Å²) in [6.45, 7) is 1.33. The van der Waals surface area contributed by atoms with Crippen molar-refractivity contribution in [2.75, 3.05) is 27.9 Å². The molecular formula is C23H28N4O4S. The SMILES string of the molecule is COc1cc(/C=C/C(=O)NCCCCn2c(=S)n(C)c3cccnc32)cc(OC)c1OC. The maximum atomic E-state index is 12.2. The number of aryl methyl sites for hydroxylation is 2. The lowest BCUT2D eigenvalue weighted by atomic mass is 10.1. The van der Waals surface area contributed by atoms with Crippen LogP contribution in [0.3, 0.4) is 0 Å². The van der Waals surface area contributed by atoms with E-state index in [4.69, 9.17) is 26.4 Å². The van der Waals surface area contributed by atoms with E-state index >= 15 is 0 Å². The maximum absolute atomic E-state index is 12.2. The van der Waals surface area contributed by atoms with E-state index in [-0.39, 0.29) is 5.91 Å². The van der Waals surface area contributed by atoms with E-state index in [2.05, 4.69) is 10.3 Å². The van der Waals surface area contributed by atoms with Crippen molar-refractivity contribution in [3.05, 3.63) is 46.9 Å². The monoisotopic (exact) mass is 456 g/mol. The fraction of sp³-hybridized carbons (Fsp3) is 0.348. The summed E-state index contributed by atoms with van der Waals surface area (Å²) in [6, 6.07) is 7.48. The number of fused-ring (bicyclic) bond motifs is 1. The Bertz CT molecular complexity index is 1160. The largest absolute Gasteiger partial charge is 0.493 e. The molecule has 8 nitrogen and oxygen atoms in total. The molecule has 3 rings (SSSR count). The fourth-order valence-electron chi connectivity index (χ4n) is 3.47. The average molecular weight is 457 g/mol. The van der Waals surface area contributed by atoms with Gasteiger partial charge in [-0.1, -0.05) is 0 Å². The zero-order chi connectivity index (χ0) is 23.1. The van der Waals surface area contributed by atoms with E-state index < -0.39 is 0 Å². The van der Waals surface area contributed by atoms with Crippen molar-refractivity contribution in [2.45, 2.75) is 19.4 Å². The van der Waals surface area contributed by atoms with Gasteiger partial charge in [0.25, 0.3) is 0 Å². The van der Waals surface area contributed by atoms with Crippen LogP contribution >= 0.6 is 12.2 Å². The van der Waals surface area contributed by atoms with Crippen LogP contribution in [-0.2, 0) is 18.4 Å². The number of hydrogen-bond donors (Lipinski definition) is 1. The van der Waals surface area contributed by atoms with E-state index in [0.29, 0.717) is 23.8 Å². The fourth-order valence-corrected chi connectivity index (χ4v) is 3.75. The summed E-state index contributed by atoms with van der Waals surface area (Å²) in [7, 11) is 6.61. The van der Waals surface area contributed by atoms with E-state index in [9.17, 15) is 4.79 Å². The van der Waals surface area contributed by atoms with Crippen molar-refractivity contribution >= 4 is 35.4 Å². The lowest BCUT2D eigenvalue weighted by Gasteiger charge is -2.12. The number of nitrogens with one attached hydrogen (secondary N) is 1. The Labute approximate surface area is 192 Å². The Morgan fingerprint density at radius 2 is 1.88 bits per heavy atom. The van der Waals surface area contributed by atoms with Crippen molar-refractivity contribution in [2.24, 2.45) is 7.05 Å². The zero-order valence-electron chi connectivity index (χ0n) is 18.8. The molecule has 1 amide bonds. The second-order valence-corrected chi connectivity index (χ2v) is 7.49. The van der Waals surface area contributed by atoms with Gasteiger partial charge in [-0.05, 0) is 61.0 Å². The van der Waals surface area contributed by atoms with Crippen LogP contribution in [0.2, 0.25) is 0 Å². The average Bonchev–Trinajstić information content (AvgIpc) is 3.06. The van der Waals surface area contributed by atoms with Crippen molar-refractivity contribution in [1.29, 1.82) is 0 Å². The second-order valence-electron chi connectivity index (χ2n) is 7.13. The number of pyridine rings is 1. The first-order valence-corrected chi connectivity index (χ1v) is 10.7. The van der Waals surface area contributed by atoms with Crippen LogP contribution in [0, 0.1) is 4.77 Å². The third kappa shape index (κ3) is 5.11. The molecule has 0 spiro atoms. The van der Waals surface area contributed by atoms with Crippen LogP contribution in [0.15, 0.2) is 36.5 Å². The molecule has 0 atom stereocenters. The molecule has 170 valence electrons. The molecule has 0 radical (unpaired) electrons. The molecule has 0 fully saturated rings. The number of benzene rings is 1. The normalized spacial score (nSPS) is 11.1. The summed E-state index contributed by atoms with van der Waals surface area (Å²) in [5.41, 5.74) is 2.67. The van der Waals surface area contributed by atoms with Gasteiger partial charge < -0.3 is 28.7 Å². The van der Waals surface area contributed by atoms with Gasteiger partial charge in [0.2, 0.25) is 11.7 Å². The molecule has 0 unspecified atom stereocenters. The van der Waals surface area contributed by atoms with E-state index in [1.807, 2.05) is 28.3 Å². The Balaban J connectivity index is 1.52. The predicted octanol–water partition coefficient (Wildman–Crippen LogP) is 3.74. The summed E-state index contributed by atoms with van der Waals surface area (Å²) in [6.07, 6.45) is 6.68. The van der Waals surface area contributed by atoms with Gasteiger partial charge in [0.15, 0.2) is 21.9 Å². The molecule has 2 aromatic heterocycles. The first-order valence-electron chi connectivity index (χ1n) is 10.3. The van der Waals surface area contributed by atoms with Crippen LogP contribution < -0.4 is 19.5 Å². The van der Waals surface area contributed by atoms with Gasteiger partial charge in [-0.3, -0.25) is 4.79 Å². The van der Waals surface area contributed by atoms with Gasteiger partial charge in [0.05, 0.1) is 26.8 Å². The van der Waals surface area contributed by atoms with Gasteiger partial charge in [-0.2, -0.15) is 0 Å². The van der Waals surface area contributed by atoms with Gasteiger partial charge in [-0.25, -0.2) is 4.98 Å². The molecule has 0 aliphatic heterocycles. The molecule has 2 heterocycles. The number of ether oxygens (including phenoxy) is 3. The highest BCUT2D eigenvalue weighted by Crippen LogP contribution is 2.38. The standard InChI is InChI=1S/C23H28N4O4S/c1-26-17-8-7-12-25-22(17)27(23(26)32)13-6-5-11-24-20(28)10-9-16-14-18(29-2)21(31-4)19(15-16)30-3/h7-10,12,14-15H,5-6,11,13H2,1-4H3,(H,24,28)/b10-9+. The van der Waals surface area contributed by atoms with Crippen molar-refractivity contribution < 1.29 is 19.0 Å². The van der Waals surface area contributed by atoms with Crippen LogP contribution in [0.4, 0.5) is 0 Å². The Hall–Kier alpha value is -3.33. The number of rotatable bonds is 10. The molecule has 1 aromatic carbocycles. The number of nitrogens with zero attached hydrogens (tertiary/aromatic N) is 3. The number of amides is 1. The third-order valence-corrected chi connectivity index (χ3v) is 5.62. The number of hydrogen-bond acceptors (Lipinski definition) is 6. The van der Waals surface area contributed by atoms with Crippen molar-refractivity contribution in [1.82, 2.24) is 19.4 Å². The highest BCUT2D eigenvalue weighted by Gasteiger charge is 2.12. The molecule has 0 saturated carbocycles. The molecule has 0 bridgehead atoms. The molecule has 9 heteroatoms. The first kappa shape index (κ1) is 23.3. The second kappa shape index (κ2) is 10.8. The first-order chi connectivity index (χ1) is 15.5. The van der Waals surface area contributed by atoms with Gasteiger partial charge in [0.1, 0.15) is 0 Å². The van der Waals surface area contributed by atoms with E-state index in [1.165, 1.54) is 6.08 Å². The minimum absolute atomic E-state index is 0.165. The van der Waals surface area contributed by atoms with Crippen LogP contribution in [0.1, 0.15) is 18.4 Å². The Morgan fingerprint density at radius 1 is 1.16 bits per heavy atom. The minimum atomic E-state index is -0.165. The highest BCUT2D eigenvalue weighted by atomic mass is 32.1. The summed E-state index contributed by atoms with van der Waals surface area (Å²) in [5.74, 6) is 1.42. The molecule has 0 aliphatic rings. The quantitative estimate of drug-likeness (QED) is 0.284. The Kier molecular flexibility index (Phi) is 7.88. The zero-order valence-corrected chi connectivity index (χ0v) is 19.6. The number of carbonyl (C=O) groups excluding carboxylic acids is 1. The number of methoxy groups -OCH3 is 3. The van der Waals surface area contributed by atoms with E-state index in [0.717, 1.165) is 40.9 Å². The molecule has 32 heavy (non-hydrogen) atoms. The maximum Gasteiger partial charge on any atom is 0.243 e. The molecule has 0 saturated heterocycles. The molecule has 1 N–H and O–H groups in total. The summed E-state index contributed by atoms with van der Waals surface area (Å²) < 4.78 is 20.7. The van der Waals surface area contributed by atoms with Crippen LogP contribution in [-0.4, -0.2) is 47.9 Å². The molecule has 0 aliphatic carbocycles. The summed E-state index contributed by atoms with van der Waals surface area (Å²) in [4.78, 5) is 16.6. The minimum Gasteiger partial charge on any atom is -0.493 e. The van der Waals surface area contributed by atoms with E-state index in [1.54, 1.807) is 45.7 Å². The highest BCUT2D eigenvalue weighted by molar-refractivity contribution is 7.71. The number of unbranched alkanes of at least 4 members (excludes halogenated alkanes) is 1. The predicted molar refractivity (Wildman–Crippen MR) is 127 cm³/mol. The topological polar surface area (TPSA) is 79.5 Å². The lowest BCUT2D eigenvalue weighted by molar-refractivity contribution is -0.116. The van der Waals surface area contributed by atoms with Crippen LogP contribution in [0.25, 0.3) is 17.2 Å². The number of aromatic nitrogens is 3.